The summed E-state index contributed by atoms with van der Waals surface area (Å²) in [4.78, 5) is 27.4. The Morgan fingerprint density at radius 2 is 1.87 bits per heavy atom. The number of likely N-dealkylation sites (tertiary alicyclic amines) is 1. The van der Waals surface area contributed by atoms with Crippen LogP contribution in [0.2, 0.25) is 0 Å². The zero-order chi connectivity index (χ0) is 22.0. The average molecular weight is 423 g/mol. The number of aliphatic hydroxyl groups excluding tert-OH is 1. The molecule has 162 valence electrons. The molecule has 0 saturated carbocycles. The van der Waals surface area contributed by atoms with Gasteiger partial charge < -0.3 is 24.2 Å². The van der Waals surface area contributed by atoms with Crippen molar-refractivity contribution >= 4 is 17.4 Å². The summed E-state index contributed by atoms with van der Waals surface area (Å²) in [5.41, 5.74) is 2.40. The van der Waals surface area contributed by atoms with Crippen LogP contribution in [0, 0.1) is 0 Å². The average Bonchev–Trinajstić information content (AvgIpc) is 3.36. The van der Waals surface area contributed by atoms with Gasteiger partial charge in [0.1, 0.15) is 5.76 Å². The molecule has 7 nitrogen and oxygen atoms in total. The standard InChI is InChI=1S/C24H25NO6/c1-3-15-5-7-16(8-6-15)21-20(23(27)24(28)25(21)11-4-12-29-2)22(26)17-9-10-18-19(13-17)31-14-30-18/h5-10,13,21,26H,3-4,11-12,14H2,1-2H3/b22-20-. The first-order valence-corrected chi connectivity index (χ1v) is 10.3. The van der Waals surface area contributed by atoms with Crippen molar-refractivity contribution in [3.63, 3.8) is 0 Å². The van der Waals surface area contributed by atoms with Gasteiger partial charge in [0.15, 0.2) is 11.5 Å². The highest BCUT2D eigenvalue weighted by atomic mass is 16.7. The number of hydrogen-bond donors (Lipinski definition) is 1. The lowest BCUT2D eigenvalue weighted by Crippen LogP contribution is -2.31. The van der Waals surface area contributed by atoms with E-state index in [1.807, 2.05) is 24.3 Å². The number of fused-ring (bicyclic) bond motifs is 1. The second-order valence-electron chi connectivity index (χ2n) is 7.50. The van der Waals surface area contributed by atoms with Crippen LogP contribution in [0.15, 0.2) is 48.0 Å². The molecule has 0 spiro atoms. The third-order valence-electron chi connectivity index (χ3n) is 5.64. The van der Waals surface area contributed by atoms with Crippen molar-refractivity contribution in [3.05, 3.63) is 64.7 Å². The Morgan fingerprint density at radius 1 is 1.13 bits per heavy atom. The minimum Gasteiger partial charge on any atom is -0.507 e. The summed E-state index contributed by atoms with van der Waals surface area (Å²) in [6.45, 7) is 2.97. The van der Waals surface area contributed by atoms with Crippen LogP contribution in [0.4, 0.5) is 0 Å². The van der Waals surface area contributed by atoms with Gasteiger partial charge in [0, 0.05) is 25.8 Å². The largest absolute Gasteiger partial charge is 0.507 e. The van der Waals surface area contributed by atoms with E-state index in [0.29, 0.717) is 36.6 Å². The summed E-state index contributed by atoms with van der Waals surface area (Å²) in [7, 11) is 1.59. The second-order valence-corrected chi connectivity index (χ2v) is 7.50. The van der Waals surface area contributed by atoms with Crippen LogP contribution in [0.5, 0.6) is 11.5 Å². The Hall–Kier alpha value is -3.32. The Bertz CT molecular complexity index is 1030. The molecule has 1 amide bonds. The van der Waals surface area contributed by atoms with E-state index in [1.54, 1.807) is 25.3 Å². The van der Waals surface area contributed by atoms with Crippen LogP contribution in [0.25, 0.3) is 5.76 Å². The molecular formula is C24H25NO6. The topological polar surface area (TPSA) is 85.3 Å². The fraction of sp³-hybridized carbons (Fsp3) is 0.333. The molecule has 2 aliphatic heterocycles. The third-order valence-corrected chi connectivity index (χ3v) is 5.64. The first kappa shape index (κ1) is 20.9. The van der Waals surface area contributed by atoms with E-state index in [2.05, 4.69) is 6.92 Å². The summed E-state index contributed by atoms with van der Waals surface area (Å²) in [6.07, 6.45) is 1.46. The number of amides is 1. The van der Waals surface area contributed by atoms with Gasteiger partial charge in [0.2, 0.25) is 6.79 Å². The lowest BCUT2D eigenvalue weighted by molar-refractivity contribution is -0.140. The number of carbonyl (C=O) groups is 2. The monoisotopic (exact) mass is 423 g/mol. The fourth-order valence-corrected chi connectivity index (χ4v) is 3.97. The Balaban J connectivity index is 1.79. The number of rotatable bonds is 7. The Morgan fingerprint density at radius 3 is 2.58 bits per heavy atom. The molecule has 0 radical (unpaired) electrons. The summed E-state index contributed by atoms with van der Waals surface area (Å²) in [5, 5.41) is 11.1. The van der Waals surface area contributed by atoms with Crippen molar-refractivity contribution in [2.75, 3.05) is 27.1 Å². The smallest absolute Gasteiger partial charge is 0.295 e. The van der Waals surface area contributed by atoms with Crippen molar-refractivity contribution in [2.24, 2.45) is 0 Å². The predicted octanol–water partition coefficient (Wildman–Crippen LogP) is 3.44. The molecule has 1 saturated heterocycles. The van der Waals surface area contributed by atoms with Crippen molar-refractivity contribution in [1.82, 2.24) is 4.90 Å². The zero-order valence-corrected chi connectivity index (χ0v) is 17.6. The number of nitrogens with zero attached hydrogens (tertiary/aromatic N) is 1. The van der Waals surface area contributed by atoms with Crippen LogP contribution >= 0.6 is 0 Å². The summed E-state index contributed by atoms with van der Waals surface area (Å²) < 4.78 is 15.8. The van der Waals surface area contributed by atoms with E-state index in [1.165, 1.54) is 4.90 Å². The molecule has 2 aliphatic rings. The Kier molecular flexibility index (Phi) is 5.95. The van der Waals surface area contributed by atoms with Crippen LogP contribution in [0.1, 0.15) is 36.1 Å². The number of methoxy groups -OCH3 is 1. The maximum atomic E-state index is 13.0. The van der Waals surface area contributed by atoms with Gasteiger partial charge in [-0.15, -0.1) is 0 Å². The number of ketones is 1. The van der Waals surface area contributed by atoms with Gasteiger partial charge in [-0.3, -0.25) is 9.59 Å². The molecule has 0 aromatic heterocycles. The van der Waals surface area contributed by atoms with Crippen LogP contribution in [-0.2, 0) is 20.7 Å². The number of aryl methyl sites for hydroxylation is 1. The van der Waals surface area contributed by atoms with E-state index in [9.17, 15) is 14.7 Å². The van der Waals surface area contributed by atoms with Gasteiger partial charge in [0.05, 0.1) is 11.6 Å². The molecule has 1 fully saturated rings. The third kappa shape index (κ3) is 3.88. The van der Waals surface area contributed by atoms with Gasteiger partial charge >= 0.3 is 0 Å². The van der Waals surface area contributed by atoms with E-state index in [0.717, 1.165) is 17.5 Å². The summed E-state index contributed by atoms with van der Waals surface area (Å²) in [5.74, 6) is -0.485. The second kappa shape index (κ2) is 8.81. The van der Waals surface area contributed by atoms with Gasteiger partial charge in [-0.25, -0.2) is 0 Å². The molecule has 1 unspecified atom stereocenters. The molecule has 1 N–H and O–H groups in total. The SMILES string of the molecule is CCc1ccc(C2/C(=C(/O)c3ccc4c(c3)OCO4)C(=O)C(=O)N2CCCOC)cc1. The van der Waals surface area contributed by atoms with Gasteiger partial charge in [-0.1, -0.05) is 31.2 Å². The fourth-order valence-electron chi connectivity index (χ4n) is 3.97. The number of ether oxygens (including phenoxy) is 3. The van der Waals surface area contributed by atoms with Gasteiger partial charge in [-0.05, 0) is 42.2 Å². The van der Waals surface area contributed by atoms with Crippen LogP contribution < -0.4 is 9.47 Å². The van der Waals surface area contributed by atoms with Crippen LogP contribution in [0.3, 0.4) is 0 Å². The van der Waals surface area contributed by atoms with E-state index >= 15 is 0 Å². The van der Waals surface area contributed by atoms with Crippen molar-refractivity contribution in [2.45, 2.75) is 25.8 Å². The van der Waals surface area contributed by atoms with Crippen LogP contribution in [-0.4, -0.2) is 48.8 Å². The maximum absolute atomic E-state index is 13.0. The van der Waals surface area contributed by atoms with Crippen molar-refractivity contribution < 1.29 is 28.9 Å². The molecule has 4 rings (SSSR count). The number of aliphatic hydroxyl groups is 1. The molecule has 1 atom stereocenters. The first-order valence-electron chi connectivity index (χ1n) is 10.3. The highest BCUT2D eigenvalue weighted by Gasteiger charge is 2.45. The molecule has 2 heterocycles. The predicted molar refractivity (Wildman–Crippen MR) is 114 cm³/mol. The number of benzene rings is 2. The lowest BCUT2D eigenvalue weighted by atomic mass is 9.94. The van der Waals surface area contributed by atoms with Gasteiger partial charge in [-0.2, -0.15) is 0 Å². The summed E-state index contributed by atoms with van der Waals surface area (Å²) >= 11 is 0. The van der Waals surface area contributed by atoms with Crippen molar-refractivity contribution in [1.29, 1.82) is 0 Å². The quantitative estimate of drug-likeness (QED) is 0.318. The minimum atomic E-state index is -0.697. The zero-order valence-electron chi connectivity index (χ0n) is 17.6. The highest BCUT2D eigenvalue weighted by molar-refractivity contribution is 6.46. The van der Waals surface area contributed by atoms with E-state index < -0.39 is 17.7 Å². The highest BCUT2D eigenvalue weighted by Crippen LogP contribution is 2.41. The Labute approximate surface area is 180 Å². The van der Waals surface area contributed by atoms with E-state index in [4.69, 9.17) is 14.2 Å². The normalized spacial score (nSPS) is 19.3. The molecule has 2 aromatic carbocycles. The van der Waals surface area contributed by atoms with Crippen molar-refractivity contribution in [3.8, 4) is 11.5 Å². The summed E-state index contributed by atoms with van der Waals surface area (Å²) in [6, 6.07) is 12.0. The number of carbonyl (C=O) groups excluding carboxylic acids is 2. The number of Topliss-reactive ketones (excluding diaryl/α,β-unsaturated/α-hetero) is 1. The molecule has 0 bridgehead atoms. The van der Waals surface area contributed by atoms with Gasteiger partial charge in [0.25, 0.3) is 11.7 Å². The minimum absolute atomic E-state index is 0.0746. The molecule has 7 heteroatoms. The molecule has 2 aromatic rings. The maximum Gasteiger partial charge on any atom is 0.295 e. The number of hydrogen-bond acceptors (Lipinski definition) is 6. The molecule has 0 aliphatic carbocycles. The molecular weight excluding hydrogens is 398 g/mol. The lowest BCUT2D eigenvalue weighted by Gasteiger charge is -2.25. The molecule has 31 heavy (non-hydrogen) atoms. The first-order chi connectivity index (χ1) is 15.0. The van der Waals surface area contributed by atoms with E-state index in [-0.39, 0.29) is 18.1 Å².